The van der Waals surface area contributed by atoms with Crippen LogP contribution in [0.15, 0.2) is 52.4 Å². The number of nitrogens with zero attached hydrogens (tertiary/aromatic N) is 1. The van der Waals surface area contributed by atoms with Crippen LogP contribution >= 0.6 is 0 Å². The van der Waals surface area contributed by atoms with Crippen LogP contribution in [0.25, 0.3) is 0 Å². The molecule has 148 valence electrons. The number of halogens is 1. The average Bonchev–Trinajstić information content (AvgIpc) is 2.88. The summed E-state index contributed by atoms with van der Waals surface area (Å²) in [5.74, 6) is -0.551. The summed E-state index contributed by atoms with van der Waals surface area (Å²) in [4.78, 5) is 17.3. The first-order valence-corrected chi connectivity index (χ1v) is 10.4. The van der Waals surface area contributed by atoms with Gasteiger partial charge in [-0.25, -0.2) is 12.8 Å². The van der Waals surface area contributed by atoms with E-state index < -0.39 is 27.8 Å². The SMILES string of the molecule is Cc1ccc(NC(=O)[C@H](CC(C)C)N=C2NS(=O)(=O)c3ccccc32)cc1F. The van der Waals surface area contributed by atoms with Crippen LogP contribution in [0.4, 0.5) is 10.1 Å². The van der Waals surface area contributed by atoms with Gasteiger partial charge in [0.25, 0.3) is 10.0 Å². The molecule has 0 radical (unpaired) electrons. The van der Waals surface area contributed by atoms with Gasteiger partial charge in [-0.05, 0) is 49.1 Å². The monoisotopic (exact) mass is 403 g/mol. The number of aliphatic imine (C=N–C) groups is 1. The zero-order valence-corrected chi connectivity index (χ0v) is 16.7. The van der Waals surface area contributed by atoms with Crippen molar-refractivity contribution >= 4 is 27.5 Å². The summed E-state index contributed by atoms with van der Waals surface area (Å²) in [6, 6.07) is 10.1. The van der Waals surface area contributed by atoms with Crippen LogP contribution < -0.4 is 10.0 Å². The molecule has 2 aromatic rings. The number of hydrogen-bond acceptors (Lipinski definition) is 4. The fourth-order valence-corrected chi connectivity index (χ4v) is 4.19. The minimum Gasteiger partial charge on any atom is -0.324 e. The number of fused-ring (bicyclic) bond motifs is 1. The largest absolute Gasteiger partial charge is 0.324 e. The second kappa shape index (κ2) is 7.71. The molecule has 6 nitrogen and oxygen atoms in total. The number of nitrogens with one attached hydrogen (secondary N) is 2. The van der Waals surface area contributed by atoms with Crippen molar-refractivity contribution in [2.24, 2.45) is 10.9 Å². The lowest BCUT2D eigenvalue weighted by molar-refractivity contribution is -0.117. The third-order valence-corrected chi connectivity index (χ3v) is 5.78. The smallest absolute Gasteiger partial charge is 0.263 e. The van der Waals surface area contributed by atoms with Crippen LogP contribution in [0.1, 0.15) is 31.4 Å². The molecule has 0 aromatic heterocycles. The molecule has 0 fully saturated rings. The number of hydrogen-bond donors (Lipinski definition) is 2. The van der Waals surface area contributed by atoms with Crippen molar-refractivity contribution in [3.8, 4) is 0 Å². The lowest BCUT2D eigenvalue weighted by atomic mass is 10.0. The second-order valence-electron chi connectivity index (χ2n) is 7.18. The maximum atomic E-state index is 13.8. The molecule has 0 saturated heterocycles. The first-order valence-electron chi connectivity index (χ1n) is 8.94. The number of carbonyl (C=O) groups excluding carboxylic acids is 1. The normalized spacial score (nSPS) is 17.2. The van der Waals surface area contributed by atoms with Gasteiger partial charge >= 0.3 is 0 Å². The van der Waals surface area contributed by atoms with Crippen LogP contribution in [0.3, 0.4) is 0 Å². The molecule has 0 saturated carbocycles. The van der Waals surface area contributed by atoms with Crippen LogP contribution in [-0.2, 0) is 14.8 Å². The second-order valence-corrected chi connectivity index (χ2v) is 8.83. The van der Waals surface area contributed by atoms with Crippen LogP contribution in [0.5, 0.6) is 0 Å². The summed E-state index contributed by atoms with van der Waals surface area (Å²) in [5, 5.41) is 2.67. The Kier molecular flexibility index (Phi) is 5.51. The van der Waals surface area contributed by atoms with Crippen molar-refractivity contribution in [3.05, 3.63) is 59.4 Å². The molecule has 1 heterocycles. The molecule has 1 aliphatic heterocycles. The molecule has 3 rings (SSSR count). The van der Waals surface area contributed by atoms with E-state index in [2.05, 4.69) is 15.0 Å². The van der Waals surface area contributed by atoms with Crippen molar-refractivity contribution in [1.29, 1.82) is 0 Å². The first-order chi connectivity index (χ1) is 13.2. The van der Waals surface area contributed by atoms with Crippen molar-refractivity contribution in [1.82, 2.24) is 4.72 Å². The zero-order chi connectivity index (χ0) is 20.5. The molecule has 28 heavy (non-hydrogen) atoms. The van der Waals surface area contributed by atoms with Crippen molar-refractivity contribution in [2.45, 2.75) is 38.1 Å². The molecule has 0 unspecified atom stereocenters. The summed E-state index contributed by atoms with van der Waals surface area (Å²) in [7, 11) is -3.69. The number of amidine groups is 1. The highest BCUT2D eigenvalue weighted by Crippen LogP contribution is 2.24. The van der Waals surface area contributed by atoms with Gasteiger partial charge in [0.05, 0.1) is 4.90 Å². The van der Waals surface area contributed by atoms with Crippen LogP contribution in [0.2, 0.25) is 0 Å². The molecular weight excluding hydrogens is 381 g/mol. The van der Waals surface area contributed by atoms with Crippen molar-refractivity contribution in [3.63, 3.8) is 0 Å². The van der Waals surface area contributed by atoms with Crippen molar-refractivity contribution < 1.29 is 17.6 Å². The van der Waals surface area contributed by atoms with Crippen LogP contribution in [-0.4, -0.2) is 26.2 Å². The molecule has 1 amide bonds. The molecule has 1 aliphatic rings. The van der Waals surface area contributed by atoms with Gasteiger partial charge in [0.15, 0.2) is 0 Å². The molecule has 0 bridgehead atoms. The Hall–Kier alpha value is -2.74. The predicted molar refractivity (Wildman–Crippen MR) is 106 cm³/mol. The Labute approximate surface area is 163 Å². The quantitative estimate of drug-likeness (QED) is 0.803. The zero-order valence-electron chi connectivity index (χ0n) is 15.9. The summed E-state index contributed by atoms with van der Waals surface area (Å²) in [5.41, 5.74) is 1.24. The highest BCUT2D eigenvalue weighted by atomic mass is 32.2. The maximum absolute atomic E-state index is 13.8. The number of rotatable bonds is 5. The number of benzene rings is 2. The molecular formula is C20H22FN3O3S. The lowest BCUT2D eigenvalue weighted by Crippen LogP contribution is -2.31. The fraction of sp³-hybridized carbons (Fsp3) is 0.300. The minimum absolute atomic E-state index is 0.137. The van der Waals surface area contributed by atoms with E-state index in [1.165, 1.54) is 12.1 Å². The standard InChI is InChI=1S/C20H22FN3O3S/c1-12(2)10-17(20(25)22-14-9-8-13(3)16(21)11-14)23-19-15-6-4-5-7-18(15)28(26,27)24-19/h4-9,11-12,17H,10H2,1-3H3,(H,22,25)(H,23,24)/t17-/m0/s1. The minimum atomic E-state index is -3.69. The number of aryl methyl sites for hydroxylation is 1. The third kappa shape index (κ3) is 4.22. The Morgan fingerprint density at radius 3 is 2.61 bits per heavy atom. The summed E-state index contributed by atoms with van der Waals surface area (Å²) >= 11 is 0. The van der Waals surface area contributed by atoms with Gasteiger partial charge in [-0.15, -0.1) is 0 Å². The summed E-state index contributed by atoms with van der Waals surface area (Å²) < 4.78 is 40.7. The topological polar surface area (TPSA) is 87.6 Å². The molecule has 0 spiro atoms. The molecule has 1 atom stereocenters. The molecule has 2 aromatic carbocycles. The van der Waals surface area contributed by atoms with E-state index in [4.69, 9.17) is 0 Å². The Morgan fingerprint density at radius 1 is 1.21 bits per heavy atom. The number of sulfonamides is 1. The molecule has 0 aliphatic carbocycles. The maximum Gasteiger partial charge on any atom is 0.263 e. The highest BCUT2D eigenvalue weighted by molar-refractivity contribution is 7.90. The van der Waals surface area contributed by atoms with Gasteiger partial charge < -0.3 is 5.32 Å². The predicted octanol–water partition coefficient (Wildman–Crippen LogP) is 3.23. The van der Waals surface area contributed by atoms with E-state index in [1.807, 2.05) is 13.8 Å². The van der Waals surface area contributed by atoms with E-state index in [0.717, 1.165) is 0 Å². The number of carbonyl (C=O) groups is 1. The van der Waals surface area contributed by atoms with Gasteiger partial charge in [0.1, 0.15) is 17.7 Å². The van der Waals surface area contributed by atoms with E-state index in [1.54, 1.807) is 37.3 Å². The first kappa shape index (κ1) is 20.0. The Balaban J connectivity index is 1.91. The average molecular weight is 403 g/mol. The van der Waals surface area contributed by atoms with Gasteiger partial charge in [-0.3, -0.25) is 14.5 Å². The Bertz CT molecular complexity index is 1050. The Morgan fingerprint density at radius 2 is 1.93 bits per heavy atom. The van der Waals surface area contributed by atoms with E-state index in [-0.39, 0.29) is 16.6 Å². The van der Waals surface area contributed by atoms with Crippen LogP contribution in [0, 0.1) is 18.7 Å². The summed E-state index contributed by atoms with van der Waals surface area (Å²) in [6.07, 6.45) is 0.410. The van der Waals surface area contributed by atoms with E-state index >= 15 is 0 Å². The fourth-order valence-electron chi connectivity index (χ4n) is 2.95. The highest BCUT2D eigenvalue weighted by Gasteiger charge is 2.32. The van der Waals surface area contributed by atoms with Gasteiger partial charge in [0, 0.05) is 11.3 Å². The van der Waals surface area contributed by atoms with Gasteiger partial charge in [0.2, 0.25) is 5.91 Å². The van der Waals surface area contributed by atoms with Crippen molar-refractivity contribution in [2.75, 3.05) is 5.32 Å². The number of amides is 1. The third-order valence-electron chi connectivity index (χ3n) is 4.38. The van der Waals surface area contributed by atoms with Gasteiger partial charge in [-0.2, -0.15) is 0 Å². The molecule has 8 heteroatoms. The van der Waals surface area contributed by atoms with E-state index in [9.17, 15) is 17.6 Å². The van der Waals surface area contributed by atoms with Gasteiger partial charge in [-0.1, -0.05) is 32.0 Å². The summed E-state index contributed by atoms with van der Waals surface area (Å²) in [6.45, 7) is 5.52. The number of anilines is 1. The lowest BCUT2D eigenvalue weighted by Gasteiger charge is -2.16. The van der Waals surface area contributed by atoms with E-state index in [0.29, 0.717) is 23.2 Å². The molecule has 2 N–H and O–H groups in total.